The van der Waals surface area contributed by atoms with Crippen molar-refractivity contribution in [1.29, 1.82) is 0 Å². The quantitative estimate of drug-likeness (QED) is 0.732. The molecule has 3 N–H and O–H groups in total. The number of thiophene rings is 1. The van der Waals surface area contributed by atoms with Gasteiger partial charge in [-0.1, -0.05) is 32.1 Å². The summed E-state index contributed by atoms with van der Waals surface area (Å²) in [5, 5.41) is 5.70. The standard InChI is InChI=1S/C15H17BrN2S2/c1-9(2)14(13-4-3-7-20-13)18-12-6-5-10(15(17)19)8-11(12)16/h3-9,14,18H,1-2H3,(H2,17,19). The summed E-state index contributed by atoms with van der Waals surface area (Å²) in [6.45, 7) is 4.43. The Morgan fingerprint density at radius 2 is 2.10 bits per heavy atom. The minimum absolute atomic E-state index is 0.293. The Balaban J connectivity index is 2.25. The topological polar surface area (TPSA) is 38.0 Å². The SMILES string of the molecule is CC(C)C(Nc1ccc(C(N)=S)cc1Br)c1cccs1. The predicted molar refractivity (Wildman–Crippen MR) is 95.6 cm³/mol. The van der Waals surface area contributed by atoms with Gasteiger partial charge in [-0.05, 0) is 51.5 Å². The number of rotatable bonds is 5. The molecule has 0 spiro atoms. The molecule has 0 aliphatic heterocycles. The van der Waals surface area contributed by atoms with E-state index in [-0.39, 0.29) is 0 Å². The summed E-state index contributed by atoms with van der Waals surface area (Å²) in [6.07, 6.45) is 0. The van der Waals surface area contributed by atoms with Crippen molar-refractivity contribution in [3.05, 3.63) is 50.6 Å². The Hall–Kier alpha value is -0.910. The van der Waals surface area contributed by atoms with E-state index in [0.29, 0.717) is 16.9 Å². The van der Waals surface area contributed by atoms with Crippen LogP contribution in [0.2, 0.25) is 0 Å². The fraction of sp³-hybridized carbons (Fsp3) is 0.267. The molecule has 0 aliphatic rings. The highest BCUT2D eigenvalue weighted by atomic mass is 79.9. The van der Waals surface area contributed by atoms with Crippen molar-refractivity contribution < 1.29 is 0 Å². The van der Waals surface area contributed by atoms with Gasteiger partial charge in [-0.25, -0.2) is 0 Å². The molecule has 0 saturated heterocycles. The maximum absolute atomic E-state index is 5.65. The monoisotopic (exact) mass is 368 g/mol. The predicted octanol–water partition coefficient (Wildman–Crippen LogP) is 4.95. The highest BCUT2D eigenvalue weighted by molar-refractivity contribution is 9.10. The number of nitrogens with one attached hydrogen (secondary N) is 1. The van der Waals surface area contributed by atoms with Gasteiger partial charge in [0.15, 0.2) is 0 Å². The molecule has 5 heteroatoms. The molecule has 2 aromatic rings. The highest BCUT2D eigenvalue weighted by Crippen LogP contribution is 2.33. The van der Waals surface area contributed by atoms with Gasteiger partial charge in [0.05, 0.1) is 6.04 Å². The third kappa shape index (κ3) is 3.59. The molecule has 0 aliphatic carbocycles. The van der Waals surface area contributed by atoms with Crippen molar-refractivity contribution in [1.82, 2.24) is 0 Å². The lowest BCUT2D eigenvalue weighted by molar-refractivity contribution is 0.553. The van der Waals surface area contributed by atoms with Gasteiger partial charge in [-0.2, -0.15) is 0 Å². The van der Waals surface area contributed by atoms with E-state index in [9.17, 15) is 0 Å². The average molecular weight is 369 g/mol. The molecule has 0 bridgehead atoms. The zero-order valence-electron chi connectivity index (χ0n) is 11.4. The van der Waals surface area contributed by atoms with Crippen molar-refractivity contribution in [2.45, 2.75) is 19.9 Å². The lowest BCUT2D eigenvalue weighted by atomic mass is 10.0. The van der Waals surface area contributed by atoms with E-state index in [2.05, 4.69) is 52.6 Å². The summed E-state index contributed by atoms with van der Waals surface area (Å²) >= 11 is 10.4. The second kappa shape index (κ2) is 6.70. The van der Waals surface area contributed by atoms with Crippen LogP contribution in [0.5, 0.6) is 0 Å². The van der Waals surface area contributed by atoms with Crippen LogP contribution < -0.4 is 11.1 Å². The number of hydrogen-bond donors (Lipinski definition) is 2. The third-order valence-corrected chi connectivity index (χ3v) is 4.93. The van der Waals surface area contributed by atoms with Gasteiger partial charge in [0.1, 0.15) is 4.99 Å². The lowest BCUT2D eigenvalue weighted by Gasteiger charge is -2.23. The Labute approximate surface area is 137 Å². The van der Waals surface area contributed by atoms with Crippen LogP contribution in [-0.2, 0) is 0 Å². The van der Waals surface area contributed by atoms with Crippen LogP contribution in [0.15, 0.2) is 40.2 Å². The minimum atomic E-state index is 0.293. The molecule has 106 valence electrons. The first kappa shape index (κ1) is 15.5. The summed E-state index contributed by atoms with van der Waals surface area (Å²) in [7, 11) is 0. The summed E-state index contributed by atoms with van der Waals surface area (Å²) in [6, 6.07) is 10.5. The first-order valence-electron chi connectivity index (χ1n) is 6.38. The molecular formula is C15H17BrN2S2. The van der Waals surface area contributed by atoms with Crippen molar-refractivity contribution in [3.63, 3.8) is 0 Å². The average Bonchev–Trinajstić information content (AvgIpc) is 2.90. The smallest absolute Gasteiger partial charge is 0.104 e. The van der Waals surface area contributed by atoms with Gasteiger partial charge in [-0.3, -0.25) is 0 Å². The number of benzene rings is 1. The molecule has 1 aromatic carbocycles. The maximum atomic E-state index is 5.65. The normalized spacial score (nSPS) is 12.4. The van der Waals surface area contributed by atoms with E-state index in [1.54, 1.807) is 11.3 Å². The van der Waals surface area contributed by atoms with Gasteiger partial charge in [0, 0.05) is 20.6 Å². The van der Waals surface area contributed by atoms with Gasteiger partial charge in [-0.15, -0.1) is 11.3 Å². The van der Waals surface area contributed by atoms with Gasteiger partial charge < -0.3 is 11.1 Å². The fourth-order valence-corrected chi connectivity index (χ4v) is 3.56. The largest absolute Gasteiger partial charge is 0.389 e. The van der Waals surface area contributed by atoms with Crippen LogP contribution in [0.25, 0.3) is 0 Å². The summed E-state index contributed by atoms with van der Waals surface area (Å²) in [4.78, 5) is 1.75. The summed E-state index contributed by atoms with van der Waals surface area (Å²) in [5.74, 6) is 0.496. The zero-order valence-corrected chi connectivity index (χ0v) is 14.6. The van der Waals surface area contributed by atoms with Gasteiger partial charge in [0.25, 0.3) is 0 Å². The third-order valence-electron chi connectivity index (χ3n) is 3.08. The van der Waals surface area contributed by atoms with E-state index >= 15 is 0 Å². The number of thiocarbonyl (C=S) groups is 1. The molecule has 0 saturated carbocycles. The van der Waals surface area contributed by atoms with Crippen LogP contribution in [0.4, 0.5) is 5.69 Å². The van der Waals surface area contributed by atoms with Crippen molar-refractivity contribution in [3.8, 4) is 0 Å². The number of halogens is 1. The highest BCUT2D eigenvalue weighted by Gasteiger charge is 2.17. The van der Waals surface area contributed by atoms with E-state index < -0.39 is 0 Å². The summed E-state index contributed by atoms with van der Waals surface area (Å²) < 4.78 is 0.977. The van der Waals surface area contributed by atoms with E-state index in [1.165, 1.54) is 4.88 Å². The second-order valence-electron chi connectivity index (χ2n) is 4.94. The summed E-state index contributed by atoms with van der Waals surface area (Å²) in [5.41, 5.74) is 7.57. The molecule has 0 fully saturated rings. The molecule has 20 heavy (non-hydrogen) atoms. The first-order valence-corrected chi connectivity index (χ1v) is 8.46. The van der Waals surface area contributed by atoms with Crippen LogP contribution in [0, 0.1) is 5.92 Å². The number of hydrogen-bond acceptors (Lipinski definition) is 3. The van der Waals surface area contributed by atoms with Crippen LogP contribution in [0.3, 0.4) is 0 Å². The fourth-order valence-electron chi connectivity index (χ4n) is 1.99. The van der Waals surface area contributed by atoms with E-state index in [0.717, 1.165) is 15.7 Å². The minimum Gasteiger partial charge on any atom is -0.389 e. The molecule has 0 amide bonds. The van der Waals surface area contributed by atoms with Crippen LogP contribution in [0.1, 0.15) is 30.3 Å². The van der Waals surface area contributed by atoms with E-state index in [1.807, 2.05) is 18.2 Å². The molecule has 2 rings (SSSR count). The first-order chi connectivity index (χ1) is 9.49. The molecule has 1 aromatic heterocycles. The van der Waals surface area contributed by atoms with Crippen molar-refractivity contribution in [2.75, 3.05) is 5.32 Å². The van der Waals surface area contributed by atoms with Gasteiger partial charge >= 0.3 is 0 Å². The molecule has 1 unspecified atom stereocenters. The Kier molecular flexibility index (Phi) is 5.18. The second-order valence-corrected chi connectivity index (χ2v) is 7.21. The Bertz CT molecular complexity index is 594. The van der Waals surface area contributed by atoms with Gasteiger partial charge in [0.2, 0.25) is 0 Å². The van der Waals surface area contributed by atoms with E-state index in [4.69, 9.17) is 18.0 Å². The maximum Gasteiger partial charge on any atom is 0.104 e. The molecule has 2 nitrogen and oxygen atoms in total. The van der Waals surface area contributed by atoms with Crippen molar-refractivity contribution in [2.24, 2.45) is 11.7 Å². The number of anilines is 1. The molecular weight excluding hydrogens is 352 g/mol. The van der Waals surface area contributed by atoms with Crippen LogP contribution >= 0.6 is 39.5 Å². The zero-order chi connectivity index (χ0) is 14.7. The molecule has 1 atom stereocenters. The lowest BCUT2D eigenvalue weighted by Crippen LogP contribution is -2.16. The van der Waals surface area contributed by atoms with Crippen molar-refractivity contribution >= 4 is 50.2 Å². The Morgan fingerprint density at radius 1 is 1.35 bits per heavy atom. The van der Waals surface area contributed by atoms with Crippen LogP contribution in [-0.4, -0.2) is 4.99 Å². The molecule has 0 radical (unpaired) electrons. The Morgan fingerprint density at radius 3 is 2.60 bits per heavy atom. The number of nitrogens with two attached hydrogens (primary N) is 1. The molecule has 1 heterocycles.